The Morgan fingerprint density at radius 3 is 1.91 bits per heavy atom. The maximum Gasteiger partial charge on any atom is 0.410 e. The van der Waals surface area contributed by atoms with E-state index in [1.807, 2.05) is 52.9 Å². The van der Waals surface area contributed by atoms with Crippen molar-refractivity contribution in [2.24, 2.45) is 5.92 Å². The standard InChI is InChI=1S/C40H49N7O7/c1-24(2)33(45-37(49)51-6)36(48)47-23-40(52-18-19-53-40)20-32(47)35-42-22-30(44-35)28-15-11-26(12-16-28)25-9-13-27(14-10-25)29-21-41-34(43-29)31-8-7-17-46(31)38(50)54-39(3,4)5/h9-16,21-22,24,31-33H,7-8,17-20,23H2,1-6H3,(H,41,43)(H,42,44)(H,45,49)/t31-,32-,33-/m0/s1. The van der Waals surface area contributed by atoms with Gasteiger partial charge in [0, 0.05) is 13.0 Å². The number of hydrogen-bond acceptors (Lipinski definition) is 9. The first-order valence-corrected chi connectivity index (χ1v) is 18.6. The molecule has 0 radical (unpaired) electrons. The SMILES string of the molecule is COC(=O)N[C@H](C(=O)N1CC2(C[C@H]1c1ncc(-c3ccc(-c4ccc(-c5cnc([C@@H]6CCCN6C(=O)OC(C)(C)C)[nH]5)cc4)cc3)[nH]1)OCCO2)C(C)C. The zero-order valence-corrected chi connectivity index (χ0v) is 31.7. The number of nitrogens with one attached hydrogen (secondary N) is 3. The summed E-state index contributed by atoms with van der Waals surface area (Å²) in [5, 5.41) is 2.69. The molecule has 0 saturated carbocycles. The van der Waals surface area contributed by atoms with Crippen molar-refractivity contribution in [1.29, 1.82) is 0 Å². The molecule has 54 heavy (non-hydrogen) atoms. The van der Waals surface area contributed by atoms with Crippen LogP contribution in [0.15, 0.2) is 60.9 Å². The molecular weight excluding hydrogens is 690 g/mol. The van der Waals surface area contributed by atoms with Crippen molar-refractivity contribution in [3.05, 3.63) is 72.6 Å². The van der Waals surface area contributed by atoms with Crippen LogP contribution in [0.1, 0.15) is 77.6 Å². The number of hydrogen-bond donors (Lipinski definition) is 3. The number of amides is 3. The lowest BCUT2D eigenvalue weighted by atomic mass is 10.0. The van der Waals surface area contributed by atoms with Crippen LogP contribution in [0.4, 0.5) is 9.59 Å². The third-order valence-electron chi connectivity index (χ3n) is 10.2. The second-order valence-corrected chi connectivity index (χ2v) is 15.5. The normalized spacial score (nSPS) is 20.1. The molecule has 286 valence electrons. The molecule has 5 heterocycles. The highest BCUT2D eigenvalue weighted by Crippen LogP contribution is 2.43. The third kappa shape index (κ3) is 7.71. The van der Waals surface area contributed by atoms with E-state index in [-0.39, 0.29) is 30.5 Å². The smallest absolute Gasteiger partial charge is 0.410 e. The summed E-state index contributed by atoms with van der Waals surface area (Å²) in [6, 6.07) is 15.1. The predicted octanol–water partition coefficient (Wildman–Crippen LogP) is 6.60. The number of methoxy groups -OCH3 is 1. The summed E-state index contributed by atoms with van der Waals surface area (Å²) in [6.07, 6.45) is 4.76. The number of nitrogens with zero attached hydrogens (tertiary/aromatic N) is 4. The zero-order chi connectivity index (χ0) is 38.2. The van der Waals surface area contributed by atoms with Crippen LogP contribution in [0.2, 0.25) is 0 Å². The van der Waals surface area contributed by atoms with Gasteiger partial charge in [-0.3, -0.25) is 9.69 Å². The highest BCUT2D eigenvalue weighted by Gasteiger charge is 2.52. The second kappa shape index (κ2) is 14.9. The van der Waals surface area contributed by atoms with Gasteiger partial charge in [-0.25, -0.2) is 19.6 Å². The molecule has 2 aromatic carbocycles. The zero-order valence-electron chi connectivity index (χ0n) is 31.7. The molecule has 14 nitrogen and oxygen atoms in total. The lowest BCUT2D eigenvalue weighted by Crippen LogP contribution is -2.52. The highest BCUT2D eigenvalue weighted by atomic mass is 16.7. The number of carbonyl (C=O) groups is 3. The van der Waals surface area contributed by atoms with Gasteiger partial charge in [-0.2, -0.15) is 0 Å². The van der Waals surface area contributed by atoms with Gasteiger partial charge in [0.1, 0.15) is 23.3 Å². The van der Waals surface area contributed by atoms with Crippen LogP contribution < -0.4 is 5.32 Å². The minimum Gasteiger partial charge on any atom is -0.453 e. The van der Waals surface area contributed by atoms with Crippen LogP contribution in [0.3, 0.4) is 0 Å². The highest BCUT2D eigenvalue weighted by molar-refractivity contribution is 5.86. The van der Waals surface area contributed by atoms with E-state index in [2.05, 4.69) is 56.7 Å². The molecule has 14 heteroatoms. The summed E-state index contributed by atoms with van der Waals surface area (Å²) in [4.78, 5) is 58.5. The van der Waals surface area contributed by atoms with E-state index in [0.29, 0.717) is 32.0 Å². The van der Waals surface area contributed by atoms with Crippen LogP contribution in [0.25, 0.3) is 33.6 Å². The van der Waals surface area contributed by atoms with Crippen LogP contribution in [-0.2, 0) is 23.7 Å². The van der Waals surface area contributed by atoms with Gasteiger partial charge in [0.05, 0.1) is 62.7 Å². The average molecular weight is 740 g/mol. The van der Waals surface area contributed by atoms with Crippen molar-refractivity contribution < 1.29 is 33.3 Å². The van der Waals surface area contributed by atoms with E-state index in [0.717, 1.165) is 52.3 Å². The first-order chi connectivity index (χ1) is 25.8. The molecule has 3 aliphatic rings. The molecule has 3 fully saturated rings. The van der Waals surface area contributed by atoms with E-state index >= 15 is 0 Å². The van der Waals surface area contributed by atoms with Crippen molar-refractivity contribution >= 4 is 18.1 Å². The Balaban J connectivity index is 1.04. The second-order valence-electron chi connectivity index (χ2n) is 15.5. The van der Waals surface area contributed by atoms with Crippen LogP contribution in [0, 0.1) is 5.92 Å². The first-order valence-electron chi connectivity index (χ1n) is 18.6. The van der Waals surface area contributed by atoms with E-state index < -0.39 is 29.6 Å². The number of imidazole rings is 2. The van der Waals surface area contributed by atoms with Crippen molar-refractivity contribution in [1.82, 2.24) is 35.1 Å². The summed E-state index contributed by atoms with van der Waals surface area (Å²) < 4.78 is 22.4. The average Bonchev–Trinajstić information content (AvgIpc) is 4.00. The van der Waals surface area contributed by atoms with Crippen LogP contribution >= 0.6 is 0 Å². The number of aromatic nitrogens is 4. The summed E-state index contributed by atoms with van der Waals surface area (Å²) in [6.45, 7) is 11.1. The van der Waals surface area contributed by atoms with Crippen LogP contribution in [0.5, 0.6) is 0 Å². The topological polar surface area (TPSA) is 164 Å². The lowest BCUT2D eigenvalue weighted by molar-refractivity contribution is -0.153. The lowest BCUT2D eigenvalue weighted by Gasteiger charge is -2.30. The Morgan fingerprint density at radius 1 is 0.852 bits per heavy atom. The molecule has 2 aromatic heterocycles. The Morgan fingerprint density at radius 2 is 1.39 bits per heavy atom. The molecule has 3 N–H and O–H groups in total. The van der Waals surface area contributed by atoms with Crippen molar-refractivity contribution in [2.75, 3.05) is 33.4 Å². The summed E-state index contributed by atoms with van der Waals surface area (Å²) in [5.41, 5.74) is 5.19. The molecule has 3 atom stereocenters. The number of alkyl carbamates (subject to hydrolysis) is 1. The number of H-pyrrole nitrogens is 2. The first kappa shape index (κ1) is 37.1. The van der Waals surface area contributed by atoms with Gasteiger partial charge in [-0.05, 0) is 61.8 Å². The van der Waals surface area contributed by atoms with Crippen molar-refractivity contribution in [3.8, 4) is 33.6 Å². The van der Waals surface area contributed by atoms with Gasteiger partial charge in [0.25, 0.3) is 0 Å². The number of rotatable bonds is 8. The third-order valence-corrected chi connectivity index (χ3v) is 10.2. The largest absolute Gasteiger partial charge is 0.453 e. The van der Waals surface area contributed by atoms with Crippen LogP contribution in [-0.4, -0.2) is 98.7 Å². The van der Waals surface area contributed by atoms with E-state index in [4.69, 9.17) is 23.9 Å². The quantitative estimate of drug-likeness (QED) is 0.181. The number of aromatic amines is 2. The maximum absolute atomic E-state index is 13.9. The molecule has 4 aromatic rings. The van der Waals surface area contributed by atoms with Gasteiger partial charge in [0.15, 0.2) is 5.79 Å². The molecule has 1 spiro atoms. The number of likely N-dealkylation sites (tertiary alicyclic amines) is 2. The monoisotopic (exact) mass is 739 g/mol. The van der Waals surface area contributed by atoms with Crippen molar-refractivity contribution in [3.63, 3.8) is 0 Å². The minimum atomic E-state index is -0.921. The van der Waals surface area contributed by atoms with Crippen molar-refractivity contribution in [2.45, 2.75) is 83.4 Å². The minimum absolute atomic E-state index is 0.142. The summed E-state index contributed by atoms with van der Waals surface area (Å²) in [7, 11) is 1.27. The molecule has 3 aliphatic heterocycles. The molecule has 3 saturated heterocycles. The number of ether oxygens (including phenoxy) is 4. The molecule has 7 rings (SSSR count). The Bertz CT molecular complexity index is 1960. The number of benzene rings is 2. The predicted molar refractivity (Wildman–Crippen MR) is 200 cm³/mol. The maximum atomic E-state index is 13.9. The van der Waals surface area contributed by atoms with E-state index in [1.54, 1.807) is 16.0 Å². The molecule has 0 unspecified atom stereocenters. The molecule has 0 aliphatic carbocycles. The fourth-order valence-electron chi connectivity index (χ4n) is 7.48. The Labute approximate surface area is 314 Å². The van der Waals surface area contributed by atoms with E-state index in [9.17, 15) is 14.4 Å². The fraction of sp³-hybridized carbons (Fsp3) is 0.475. The van der Waals surface area contributed by atoms with Gasteiger partial charge in [0.2, 0.25) is 5.91 Å². The molecular formula is C40H49N7O7. The molecule has 0 bridgehead atoms. The number of carbonyl (C=O) groups excluding carboxylic acids is 3. The molecule has 3 amide bonds. The van der Waals surface area contributed by atoms with Gasteiger partial charge >= 0.3 is 12.2 Å². The van der Waals surface area contributed by atoms with Gasteiger partial charge in [-0.15, -0.1) is 0 Å². The fourth-order valence-corrected chi connectivity index (χ4v) is 7.48. The van der Waals surface area contributed by atoms with Gasteiger partial charge < -0.3 is 39.1 Å². The van der Waals surface area contributed by atoms with Gasteiger partial charge in [-0.1, -0.05) is 62.4 Å². The summed E-state index contributed by atoms with van der Waals surface area (Å²) >= 11 is 0. The van der Waals surface area contributed by atoms with E-state index in [1.165, 1.54) is 7.11 Å². The summed E-state index contributed by atoms with van der Waals surface area (Å²) in [5.74, 6) is 0.0194. The Kier molecular flexibility index (Phi) is 10.2. The Hall–Kier alpha value is -5.21.